The van der Waals surface area contributed by atoms with Gasteiger partial charge in [0, 0.05) is 36.8 Å². The Morgan fingerprint density at radius 3 is 2.36 bits per heavy atom. The zero-order valence-electron chi connectivity index (χ0n) is 28.7. The maximum atomic E-state index is 13.8. The van der Waals surface area contributed by atoms with Gasteiger partial charge in [0.2, 0.25) is 0 Å². The number of anilines is 4. The monoisotopic (exact) mass is 680 g/mol. The Kier molecular flexibility index (Phi) is 11.6. The van der Waals surface area contributed by atoms with Crippen molar-refractivity contribution >= 4 is 40.6 Å². The average molecular weight is 681 g/mol. The number of methoxy groups -OCH3 is 1. The van der Waals surface area contributed by atoms with Gasteiger partial charge in [-0.3, -0.25) is 14.5 Å². The molecule has 0 unspecified atom stereocenters. The molecule has 0 radical (unpaired) electrons. The first-order valence-corrected chi connectivity index (χ1v) is 16.4. The lowest BCUT2D eigenvalue weighted by Crippen LogP contribution is -2.49. The van der Waals surface area contributed by atoms with E-state index in [2.05, 4.69) is 20.9 Å². The molecular weight excluding hydrogens is 636 g/mol. The number of aliphatic hydroxyl groups is 1. The number of aliphatic hydroxyl groups excluding tert-OH is 1. The summed E-state index contributed by atoms with van der Waals surface area (Å²) in [7, 11) is 3.54. The highest BCUT2D eigenvalue weighted by atomic mass is 16.5. The summed E-state index contributed by atoms with van der Waals surface area (Å²) in [5.41, 5.74) is 9.71. The fraction of sp³-hybridized carbons (Fsp3) is 0.289. The number of benzene rings is 4. The summed E-state index contributed by atoms with van der Waals surface area (Å²) in [6, 6.07) is 25.5. The number of urea groups is 1. The Bertz CT molecular complexity index is 1800. The summed E-state index contributed by atoms with van der Waals surface area (Å²) < 4.78 is 11.8. The molecule has 5 rings (SSSR count). The average Bonchev–Trinajstić information content (AvgIpc) is 3.11. The van der Waals surface area contributed by atoms with Crippen LogP contribution < -0.4 is 31.2 Å². The molecule has 12 nitrogen and oxygen atoms in total. The van der Waals surface area contributed by atoms with Crippen molar-refractivity contribution in [3.63, 3.8) is 0 Å². The lowest BCUT2D eigenvalue weighted by Gasteiger charge is -2.38. The number of carbonyl (C=O) groups is 3. The lowest BCUT2D eigenvalue weighted by atomic mass is 9.98. The molecule has 1 heterocycles. The van der Waals surface area contributed by atoms with E-state index in [-0.39, 0.29) is 30.1 Å². The number of hydrogen-bond donors (Lipinski definition) is 5. The molecule has 0 bridgehead atoms. The molecule has 0 saturated carbocycles. The van der Waals surface area contributed by atoms with Gasteiger partial charge < -0.3 is 41.2 Å². The van der Waals surface area contributed by atoms with Crippen molar-refractivity contribution in [2.75, 3.05) is 55.5 Å². The molecule has 4 aromatic rings. The molecule has 4 amide bonds. The van der Waals surface area contributed by atoms with Crippen LogP contribution in [-0.4, -0.2) is 78.8 Å². The third-order valence-electron chi connectivity index (χ3n) is 8.66. The quantitative estimate of drug-likeness (QED) is 0.130. The van der Waals surface area contributed by atoms with Crippen LogP contribution in [-0.2, 0) is 6.54 Å². The minimum Gasteiger partial charge on any atom is -0.497 e. The summed E-state index contributed by atoms with van der Waals surface area (Å²) >= 11 is 0. The normalized spacial score (nSPS) is 16.4. The smallest absolute Gasteiger partial charge is 0.323 e. The number of carbonyl (C=O) groups excluding carboxylic acids is 3. The first kappa shape index (κ1) is 35.7. The second-order valence-electron chi connectivity index (χ2n) is 12.5. The van der Waals surface area contributed by atoms with Crippen LogP contribution in [0.3, 0.4) is 0 Å². The maximum Gasteiger partial charge on any atom is 0.323 e. The number of ether oxygens (including phenoxy) is 2. The molecule has 0 fully saturated rings. The van der Waals surface area contributed by atoms with Gasteiger partial charge in [-0.15, -0.1) is 0 Å². The van der Waals surface area contributed by atoms with Crippen molar-refractivity contribution in [3.05, 3.63) is 108 Å². The van der Waals surface area contributed by atoms with Gasteiger partial charge in [0.1, 0.15) is 11.9 Å². The van der Waals surface area contributed by atoms with Crippen LogP contribution in [0.4, 0.5) is 27.5 Å². The Morgan fingerprint density at radius 1 is 0.980 bits per heavy atom. The van der Waals surface area contributed by atoms with Gasteiger partial charge >= 0.3 is 6.03 Å². The van der Waals surface area contributed by atoms with Crippen LogP contribution in [0, 0.1) is 5.92 Å². The molecule has 1 aliphatic rings. The van der Waals surface area contributed by atoms with E-state index in [1.807, 2.05) is 38.2 Å². The fourth-order valence-electron chi connectivity index (χ4n) is 5.77. The topological polar surface area (TPSA) is 158 Å². The van der Waals surface area contributed by atoms with E-state index in [0.29, 0.717) is 59.3 Å². The van der Waals surface area contributed by atoms with E-state index in [1.165, 1.54) is 0 Å². The highest BCUT2D eigenvalue weighted by molar-refractivity contribution is 6.06. The summed E-state index contributed by atoms with van der Waals surface area (Å²) in [6.45, 7) is 5.02. The second kappa shape index (κ2) is 16.2. The zero-order valence-corrected chi connectivity index (χ0v) is 28.7. The van der Waals surface area contributed by atoms with Gasteiger partial charge in [-0.05, 0) is 80.2 Å². The van der Waals surface area contributed by atoms with Crippen molar-refractivity contribution in [3.8, 4) is 11.5 Å². The Labute approximate surface area is 292 Å². The number of para-hydroxylation sites is 3. The summed E-state index contributed by atoms with van der Waals surface area (Å²) in [5.74, 6) is 0.237. The number of likely N-dealkylation sites (N-methyl/N-ethyl adjacent to an activating group) is 1. The number of nitrogen functional groups attached to an aromatic ring is 1. The third-order valence-corrected chi connectivity index (χ3v) is 8.66. The van der Waals surface area contributed by atoms with Crippen molar-refractivity contribution in [2.24, 2.45) is 5.92 Å². The van der Waals surface area contributed by atoms with E-state index >= 15 is 0 Å². The van der Waals surface area contributed by atoms with E-state index in [4.69, 9.17) is 15.2 Å². The first-order valence-electron chi connectivity index (χ1n) is 16.4. The first-order chi connectivity index (χ1) is 24.1. The predicted octanol–water partition coefficient (Wildman–Crippen LogP) is 5.53. The van der Waals surface area contributed by atoms with Crippen molar-refractivity contribution in [1.82, 2.24) is 9.80 Å². The zero-order chi connectivity index (χ0) is 35.8. The molecule has 12 heteroatoms. The number of nitrogens with two attached hydrogens (primary N) is 1. The van der Waals surface area contributed by atoms with Crippen LogP contribution >= 0.6 is 0 Å². The molecule has 6 N–H and O–H groups in total. The van der Waals surface area contributed by atoms with Crippen LogP contribution in [0.15, 0.2) is 91.0 Å². The number of nitrogens with zero attached hydrogens (tertiary/aromatic N) is 2. The van der Waals surface area contributed by atoms with Gasteiger partial charge in [0.05, 0.1) is 42.4 Å². The number of fused-ring (bicyclic) bond motifs is 1. The van der Waals surface area contributed by atoms with Crippen LogP contribution in [0.2, 0.25) is 0 Å². The number of rotatable bonds is 11. The van der Waals surface area contributed by atoms with Gasteiger partial charge in [0.25, 0.3) is 11.8 Å². The molecular formula is C38H44N6O6. The number of amides is 4. The lowest BCUT2D eigenvalue weighted by molar-refractivity contribution is 0.0343. The van der Waals surface area contributed by atoms with Gasteiger partial charge in [-0.2, -0.15) is 0 Å². The molecule has 0 aromatic heterocycles. The Morgan fingerprint density at radius 2 is 1.68 bits per heavy atom. The van der Waals surface area contributed by atoms with E-state index < -0.39 is 18.2 Å². The summed E-state index contributed by atoms with van der Waals surface area (Å²) in [6.07, 6.45) is -0.394. The number of hydrogen-bond acceptors (Lipinski definition) is 8. The molecule has 50 heavy (non-hydrogen) atoms. The molecule has 3 atom stereocenters. The fourth-order valence-corrected chi connectivity index (χ4v) is 5.77. The predicted molar refractivity (Wildman–Crippen MR) is 195 cm³/mol. The summed E-state index contributed by atoms with van der Waals surface area (Å²) in [4.78, 5) is 43.5. The van der Waals surface area contributed by atoms with Crippen molar-refractivity contribution in [1.29, 1.82) is 0 Å². The minimum atomic E-state index is -0.506. The van der Waals surface area contributed by atoms with Crippen LogP contribution in [0.1, 0.15) is 40.1 Å². The third kappa shape index (κ3) is 8.70. The largest absolute Gasteiger partial charge is 0.497 e. The van der Waals surface area contributed by atoms with Gasteiger partial charge in [0.15, 0.2) is 5.75 Å². The Balaban J connectivity index is 1.32. The highest BCUT2D eigenvalue weighted by Gasteiger charge is 2.34. The standard InChI is InChI=1S/C38H44N6O6/c1-24-20-44(25(2)23-45)37(47)30-8-7-11-33(42-38(48)40-28-16-18-29(49-4)19-17-28)35(30)50-34(24)22-43(3)21-26-12-14-27(15-13-26)36(46)41-32-10-6-5-9-31(32)39/h5-19,24-25,34,45H,20-23,39H2,1-4H3,(H,41,46)(H2,40,42,48)/t24-,25+,34+/m0/s1. The highest BCUT2D eigenvalue weighted by Crippen LogP contribution is 2.35. The summed E-state index contributed by atoms with van der Waals surface area (Å²) in [5, 5.41) is 18.5. The van der Waals surface area contributed by atoms with Crippen LogP contribution in [0.5, 0.6) is 11.5 Å². The molecule has 0 aliphatic carbocycles. The SMILES string of the molecule is COc1ccc(NC(=O)Nc2cccc3c2O[C@H](CN(C)Cc2ccc(C(=O)Nc4ccccc4N)cc2)[C@@H](C)CN([C@H](C)CO)C3=O)cc1. The molecule has 0 saturated heterocycles. The molecule has 262 valence electrons. The van der Waals surface area contributed by atoms with E-state index in [9.17, 15) is 19.5 Å². The van der Waals surface area contributed by atoms with Crippen molar-refractivity contribution in [2.45, 2.75) is 32.5 Å². The second-order valence-corrected chi connectivity index (χ2v) is 12.5. The van der Waals surface area contributed by atoms with Gasteiger partial charge in [-0.1, -0.05) is 37.3 Å². The van der Waals surface area contributed by atoms with Crippen molar-refractivity contribution < 1.29 is 29.0 Å². The molecule has 0 spiro atoms. The maximum absolute atomic E-state index is 13.8. The number of nitrogens with one attached hydrogen (secondary N) is 3. The van der Waals surface area contributed by atoms with Crippen LogP contribution in [0.25, 0.3) is 0 Å². The van der Waals surface area contributed by atoms with Gasteiger partial charge in [-0.25, -0.2) is 4.79 Å². The minimum absolute atomic E-state index is 0.138. The van der Waals surface area contributed by atoms with E-state index in [1.54, 1.807) is 85.7 Å². The Hall–Kier alpha value is -5.59. The molecule has 4 aromatic carbocycles. The van der Waals surface area contributed by atoms with E-state index in [0.717, 1.165) is 5.56 Å². The molecule has 1 aliphatic heterocycles.